The van der Waals surface area contributed by atoms with E-state index in [0.29, 0.717) is 19.4 Å². The summed E-state index contributed by atoms with van der Waals surface area (Å²) in [6.07, 6.45) is 0.447. The molecule has 0 spiro atoms. The van der Waals surface area contributed by atoms with Gasteiger partial charge in [-0.3, -0.25) is 4.79 Å². The van der Waals surface area contributed by atoms with Crippen LogP contribution in [0.3, 0.4) is 0 Å². The van der Waals surface area contributed by atoms with Gasteiger partial charge in [0, 0.05) is 24.9 Å². The summed E-state index contributed by atoms with van der Waals surface area (Å²) in [7, 11) is 0. The zero-order valence-electron chi connectivity index (χ0n) is 18.8. The summed E-state index contributed by atoms with van der Waals surface area (Å²) >= 11 is 0. The van der Waals surface area contributed by atoms with E-state index < -0.39 is 23.6 Å². The molecule has 6 rings (SSSR count). The number of benzene rings is 2. The Bertz CT molecular complexity index is 1090. The quantitative estimate of drug-likeness (QED) is 0.701. The summed E-state index contributed by atoms with van der Waals surface area (Å²) < 4.78 is 5.55. The average molecular weight is 449 g/mol. The molecule has 2 aliphatic heterocycles. The second-order valence-corrected chi connectivity index (χ2v) is 10.1. The summed E-state index contributed by atoms with van der Waals surface area (Å²) in [5.41, 5.74) is 3.40. The number of alkyl carbamates (subject to hydrolysis) is 1. The number of rotatable bonds is 6. The molecule has 7 nitrogen and oxygen atoms in total. The summed E-state index contributed by atoms with van der Waals surface area (Å²) in [6.45, 7) is 4.40. The molecule has 2 bridgehead atoms. The van der Waals surface area contributed by atoms with Gasteiger partial charge in [0.1, 0.15) is 12.1 Å². The Labute approximate surface area is 192 Å². The van der Waals surface area contributed by atoms with Gasteiger partial charge in [-0.1, -0.05) is 55.5 Å². The normalized spacial score (nSPS) is 25.6. The van der Waals surface area contributed by atoms with Crippen LogP contribution in [0.5, 0.6) is 0 Å². The first kappa shape index (κ1) is 21.5. The molecule has 4 aliphatic rings. The highest BCUT2D eigenvalue weighted by molar-refractivity contribution is 5.90. The van der Waals surface area contributed by atoms with Gasteiger partial charge < -0.3 is 20.1 Å². The van der Waals surface area contributed by atoms with Crippen LogP contribution in [0.2, 0.25) is 0 Å². The van der Waals surface area contributed by atoms with Gasteiger partial charge in [-0.2, -0.15) is 0 Å². The molecule has 0 radical (unpaired) electrons. The number of carbonyl (C=O) groups excluding carboxylic acids is 2. The van der Waals surface area contributed by atoms with E-state index in [-0.39, 0.29) is 30.3 Å². The van der Waals surface area contributed by atoms with Crippen LogP contribution in [-0.2, 0) is 14.3 Å². The summed E-state index contributed by atoms with van der Waals surface area (Å²) in [5, 5.41) is 12.4. The number of carbonyl (C=O) groups is 3. The molecule has 2 amide bonds. The summed E-state index contributed by atoms with van der Waals surface area (Å²) in [5.74, 6) is -1.22. The third-order valence-corrected chi connectivity index (χ3v) is 7.38. The highest BCUT2D eigenvalue weighted by atomic mass is 16.5. The zero-order valence-corrected chi connectivity index (χ0v) is 18.8. The van der Waals surface area contributed by atoms with E-state index in [1.165, 1.54) is 4.90 Å². The number of hydrogen-bond acceptors (Lipinski definition) is 4. The highest BCUT2D eigenvalue weighted by Crippen LogP contribution is 2.59. The third kappa shape index (κ3) is 3.46. The molecule has 0 aromatic heterocycles. The fourth-order valence-electron chi connectivity index (χ4n) is 6.05. The van der Waals surface area contributed by atoms with E-state index in [1.807, 2.05) is 31.2 Å². The molecule has 2 aromatic rings. The Morgan fingerprint density at radius 2 is 1.67 bits per heavy atom. The monoisotopic (exact) mass is 448 g/mol. The first-order valence-electron chi connectivity index (χ1n) is 11.4. The SMILES string of the molecule is C[C@H](CC(=O)N1CC2(C)CC1(C(=O)O)C2)NC(=O)OCC1c2ccccc2-c2ccccc21. The maximum absolute atomic E-state index is 12.8. The molecule has 172 valence electrons. The van der Waals surface area contributed by atoms with E-state index in [1.54, 1.807) is 6.92 Å². The molecule has 1 saturated carbocycles. The van der Waals surface area contributed by atoms with Crippen molar-refractivity contribution in [1.82, 2.24) is 10.2 Å². The number of amides is 2. The fourth-order valence-corrected chi connectivity index (χ4v) is 6.05. The van der Waals surface area contributed by atoms with Gasteiger partial charge in [-0.15, -0.1) is 0 Å². The van der Waals surface area contributed by atoms with Crippen molar-refractivity contribution in [3.8, 4) is 11.1 Å². The van der Waals surface area contributed by atoms with Crippen molar-refractivity contribution in [2.75, 3.05) is 13.2 Å². The summed E-state index contributed by atoms with van der Waals surface area (Å²) in [4.78, 5) is 38.6. The molecular weight excluding hydrogens is 420 g/mol. The van der Waals surface area contributed by atoms with Crippen molar-refractivity contribution in [2.24, 2.45) is 5.41 Å². The van der Waals surface area contributed by atoms with Crippen LogP contribution in [-0.4, -0.2) is 52.7 Å². The minimum atomic E-state index is -1.07. The zero-order chi connectivity index (χ0) is 23.4. The lowest BCUT2D eigenvalue weighted by molar-refractivity contribution is -0.160. The number of nitrogens with one attached hydrogen (secondary N) is 1. The molecule has 0 unspecified atom stereocenters. The topological polar surface area (TPSA) is 95.9 Å². The third-order valence-electron chi connectivity index (χ3n) is 7.38. The van der Waals surface area contributed by atoms with Crippen LogP contribution in [0, 0.1) is 5.41 Å². The summed E-state index contributed by atoms with van der Waals surface area (Å²) in [6, 6.07) is 15.8. The Morgan fingerprint density at radius 3 is 2.24 bits per heavy atom. The lowest BCUT2D eigenvalue weighted by atomic mass is 9.63. The van der Waals surface area contributed by atoms with Gasteiger partial charge in [0.2, 0.25) is 5.91 Å². The molecule has 2 N–H and O–H groups in total. The van der Waals surface area contributed by atoms with Crippen molar-refractivity contribution < 1.29 is 24.2 Å². The van der Waals surface area contributed by atoms with Gasteiger partial charge in [-0.25, -0.2) is 9.59 Å². The first-order valence-corrected chi connectivity index (χ1v) is 11.4. The van der Waals surface area contributed by atoms with E-state index >= 15 is 0 Å². The Morgan fingerprint density at radius 1 is 1.09 bits per heavy atom. The highest BCUT2D eigenvalue weighted by Gasteiger charge is 2.68. The molecule has 1 atom stereocenters. The molecule has 2 aromatic carbocycles. The molecular formula is C26H28N2O5. The first-order chi connectivity index (χ1) is 15.7. The Balaban J connectivity index is 1.18. The van der Waals surface area contributed by atoms with Gasteiger partial charge in [0.25, 0.3) is 0 Å². The predicted octanol–water partition coefficient (Wildman–Crippen LogP) is 3.77. The van der Waals surface area contributed by atoms with Crippen molar-refractivity contribution in [1.29, 1.82) is 0 Å². The lowest BCUT2D eigenvalue weighted by Crippen LogP contribution is -2.56. The fraction of sp³-hybridized carbons (Fsp3) is 0.423. The van der Waals surface area contributed by atoms with Crippen molar-refractivity contribution in [3.63, 3.8) is 0 Å². The Kier molecular flexibility index (Phi) is 4.96. The van der Waals surface area contributed by atoms with Crippen LogP contribution < -0.4 is 5.32 Å². The molecule has 2 saturated heterocycles. The number of nitrogens with zero attached hydrogens (tertiary/aromatic N) is 1. The van der Waals surface area contributed by atoms with E-state index in [4.69, 9.17) is 4.74 Å². The lowest BCUT2D eigenvalue weighted by Gasteiger charge is -2.42. The van der Waals surface area contributed by atoms with E-state index in [2.05, 4.69) is 29.6 Å². The van der Waals surface area contributed by atoms with Crippen molar-refractivity contribution >= 4 is 18.0 Å². The van der Waals surface area contributed by atoms with Gasteiger partial charge in [0.05, 0.1) is 0 Å². The van der Waals surface area contributed by atoms with Gasteiger partial charge >= 0.3 is 12.1 Å². The number of hydrogen-bond donors (Lipinski definition) is 2. The molecule has 7 heteroatoms. The number of aliphatic carboxylic acids is 1. The number of fused-ring (bicyclic) bond motifs is 4. The second kappa shape index (κ2) is 7.61. The molecule has 2 heterocycles. The van der Waals surface area contributed by atoms with Crippen molar-refractivity contribution in [3.05, 3.63) is 59.7 Å². The Hall–Kier alpha value is -3.35. The average Bonchev–Trinajstić information content (AvgIpc) is 3.36. The van der Waals surface area contributed by atoms with Crippen molar-refractivity contribution in [2.45, 2.75) is 50.6 Å². The minimum Gasteiger partial charge on any atom is -0.479 e. The molecule has 33 heavy (non-hydrogen) atoms. The van der Waals surface area contributed by atoms with Crippen LogP contribution in [0.4, 0.5) is 4.79 Å². The standard InChI is InChI=1S/C26H28N2O5/c1-16(11-22(29)28-15-25(2)13-26(28,14-25)23(30)31)27-24(32)33-12-21-19-9-5-3-7-17(19)18-8-4-6-10-20(18)21/h3-10,16,21H,11-15H2,1-2H3,(H,27,32)(H,30,31)/t16-,25?,26?/m1/s1. The minimum absolute atomic E-state index is 0.0346. The van der Waals surface area contributed by atoms with Crippen LogP contribution in [0.25, 0.3) is 11.1 Å². The number of ether oxygens (including phenoxy) is 1. The van der Waals surface area contributed by atoms with Gasteiger partial charge in [-0.05, 0) is 47.4 Å². The predicted molar refractivity (Wildman–Crippen MR) is 122 cm³/mol. The second-order valence-electron chi connectivity index (χ2n) is 10.1. The maximum atomic E-state index is 12.8. The number of carboxylic acid groups (broad SMARTS) is 1. The number of carboxylic acids is 1. The van der Waals surface area contributed by atoms with Crippen LogP contribution >= 0.6 is 0 Å². The van der Waals surface area contributed by atoms with E-state index in [0.717, 1.165) is 22.3 Å². The van der Waals surface area contributed by atoms with Crippen LogP contribution in [0.15, 0.2) is 48.5 Å². The van der Waals surface area contributed by atoms with E-state index in [9.17, 15) is 19.5 Å². The smallest absolute Gasteiger partial charge is 0.407 e. The van der Waals surface area contributed by atoms with Gasteiger partial charge in [0.15, 0.2) is 0 Å². The van der Waals surface area contributed by atoms with Crippen LogP contribution in [0.1, 0.15) is 50.2 Å². The largest absolute Gasteiger partial charge is 0.479 e. The molecule has 2 aliphatic carbocycles. The maximum Gasteiger partial charge on any atom is 0.407 e. The molecule has 3 fully saturated rings.